The van der Waals surface area contributed by atoms with Crippen molar-refractivity contribution in [3.8, 4) is 0 Å². The monoisotopic (exact) mass is 386 g/mol. The number of amides is 2. The molecule has 5 rings (SSSR count). The highest BCUT2D eigenvalue weighted by Gasteiger charge is 2.36. The lowest BCUT2D eigenvalue weighted by Gasteiger charge is -2.18. The predicted molar refractivity (Wildman–Crippen MR) is 112 cm³/mol. The van der Waals surface area contributed by atoms with Crippen molar-refractivity contribution < 1.29 is 9.59 Å². The highest BCUT2D eigenvalue weighted by Crippen LogP contribution is 2.37. The Balaban J connectivity index is 1.40. The Morgan fingerprint density at radius 3 is 2.52 bits per heavy atom. The van der Waals surface area contributed by atoms with Crippen LogP contribution in [0.15, 0.2) is 36.4 Å². The third-order valence-corrected chi connectivity index (χ3v) is 5.77. The second-order valence-corrected chi connectivity index (χ2v) is 7.91. The van der Waals surface area contributed by atoms with Gasteiger partial charge in [0.25, 0.3) is 5.91 Å². The molecule has 1 aliphatic carbocycles. The van der Waals surface area contributed by atoms with Crippen molar-refractivity contribution in [1.82, 2.24) is 9.97 Å². The zero-order chi connectivity index (χ0) is 20.1. The van der Waals surface area contributed by atoms with E-state index in [1.54, 1.807) is 12.1 Å². The molecule has 29 heavy (non-hydrogen) atoms. The Morgan fingerprint density at radius 2 is 1.76 bits per heavy atom. The number of nitrogens with zero attached hydrogens (tertiary/aromatic N) is 3. The lowest BCUT2D eigenvalue weighted by atomic mass is 10.1. The largest absolute Gasteiger partial charge is 0.322 e. The summed E-state index contributed by atoms with van der Waals surface area (Å²) in [5.74, 6) is 0.195. The summed E-state index contributed by atoms with van der Waals surface area (Å²) < 4.78 is 0. The quantitative estimate of drug-likeness (QED) is 0.743. The van der Waals surface area contributed by atoms with Crippen LogP contribution in [-0.4, -0.2) is 28.3 Å². The molecule has 0 saturated heterocycles. The van der Waals surface area contributed by atoms with Gasteiger partial charge in [0.2, 0.25) is 5.91 Å². The van der Waals surface area contributed by atoms with Crippen LogP contribution in [0.5, 0.6) is 0 Å². The number of rotatable bonds is 3. The molecule has 6 heteroatoms. The molecule has 0 spiro atoms. The van der Waals surface area contributed by atoms with Gasteiger partial charge in [0.1, 0.15) is 0 Å². The summed E-state index contributed by atoms with van der Waals surface area (Å²) >= 11 is 0. The van der Waals surface area contributed by atoms with Crippen molar-refractivity contribution in [3.63, 3.8) is 0 Å². The van der Waals surface area contributed by atoms with Gasteiger partial charge in [0.15, 0.2) is 0 Å². The molecule has 146 valence electrons. The van der Waals surface area contributed by atoms with Gasteiger partial charge in [-0.15, -0.1) is 0 Å². The molecule has 0 radical (unpaired) electrons. The van der Waals surface area contributed by atoms with E-state index in [4.69, 9.17) is 0 Å². The number of aryl methyl sites for hydroxylation is 2. The average molecular weight is 386 g/mol. The number of carbonyl (C=O) groups is 2. The fraction of sp³-hybridized carbons (Fsp3) is 0.304. The fourth-order valence-corrected chi connectivity index (χ4v) is 3.81. The molecule has 0 unspecified atom stereocenters. The molecule has 1 saturated carbocycles. The number of nitrogens with one attached hydrogen (secondary N) is 1. The summed E-state index contributed by atoms with van der Waals surface area (Å²) in [6.07, 6.45) is 2.85. The molecule has 1 aliphatic heterocycles. The van der Waals surface area contributed by atoms with Crippen molar-refractivity contribution in [3.05, 3.63) is 58.9 Å². The first kappa shape index (κ1) is 17.8. The van der Waals surface area contributed by atoms with Crippen molar-refractivity contribution >= 4 is 34.2 Å². The Hall–Kier alpha value is -3.28. The van der Waals surface area contributed by atoms with Crippen molar-refractivity contribution in [1.29, 1.82) is 0 Å². The SMILES string of the molecule is Cc1nc2ccc(C(=O)Nc3ccc4c(c3)N(C(=O)C3CC3)CC4)cc2nc1C. The third-order valence-electron chi connectivity index (χ3n) is 5.77. The summed E-state index contributed by atoms with van der Waals surface area (Å²) in [5, 5.41) is 2.96. The summed E-state index contributed by atoms with van der Waals surface area (Å²) in [7, 11) is 0. The van der Waals surface area contributed by atoms with Crippen LogP contribution in [0.4, 0.5) is 11.4 Å². The van der Waals surface area contributed by atoms with Crippen molar-refractivity contribution in [2.45, 2.75) is 33.1 Å². The normalized spacial score (nSPS) is 15.4. The maximum atomic E-state index is 12.8. The maximum absolute atomic E-state index is 12.8. The topological polar surface area (TPSA) is 75.2 Å². The minimum absolute atomic E-state index is 0.185. The van der Waals surface area contributed by atoms with E-state index >= 15 is 0 Å². The van der Waals surface area contributed by atoms with E-state index < -0.39 is 0 Å². The van der Waals surface area contributed by atoms with Gasteiger partial charge in [-0.3, -0.25) is 9.59 Å². The van der Waals surface area contributed by atoms with E-state index in [0.717, 1.165) is 54.0 Å². The van der Waals surface area contributed by atoms with E-state index in [2.05, 4.69) is 15.3 Å². The first-order chi connectivity index (χ1) is 14.0. The fourth-order valence-electron chi connectivity index (χ4n) is 3.81. The molecule has 6 nitrogen and oxygen atoms in total. The minimum Gasteiger partial charge on any atom is -0.322 e. The second-order valence-electron chi connectivity index (χ2n) is 7.91. The van der Waals surface area contributed by atoms with Gasteiger partial charge in [-0.05, 0) is 69.0 Å². The van der Waals surface area contributed by atoms with E-state index in [1.165, 1.54) is 0 Å². The zero-order valence-corrected chi connectivity index (χ0v) is 16.5. The van der Waals surface area contributed by atoms with Gasteiger partial charge in [0, 0.05) is 29.4 Å². The lowest BCUT2D eigenvalue weighted by molar-refractivity contribution is -0.119. The summed E-state index contributed by atoms with van der Waals surface area (Å²) in [4.78, 5) is 36.3. The van der Waals surface area contributed by atoms with E-state index in [0.29, 0.717) is 16.8 Å². The van der Waals surface area contributed by atoms with Crippen LogP contribution >= 0.6 is 0 Å². The van der Waals surface area contributed by atoms with E-state index in [-0.39, 0.29) is 17.7 Å². The molecule has 3 aromatic rings. The summed E-state index contributed by atoms with van der Waals surface area (Å²) in [5.41, 5.74) is 6.52. The van der Waals surface area contributed by atoms with Crippen LogP contribution in [0.1, 0.15) is 40.2 Å². The Kier molecular flexibility index (Phi) is 4.08. The lowest BCUT2D eigenvalue weighted by Crippen LogP contribution is -2.30. The highest BCUT2D eigenvalue weighted by molar-refractivity contribution is 6.06. The summed E-state index contributed by atoms with van der Waals surface area (Å²) in [6.45, 7) is 4.56. The van der Waals surface area contributed by atoms with Gasteiger partial charge in [0.05, 0.1) is 22.4 Å². The maximum Gasteiger partial charge on any atom is 0.255 e. The molecule has 0 atom stereocenters. The molecule has 1 aromatic heterocycles. The van der Waals surface area contributed by atoms with E-state index in [1.807, 2.05) is 43.0 Å². The molecule has 2 heterocycles. The van der Waals surface area contributed by atoms with Crippen molar-refractivity contribution in [2.75, 3.05) is 16.8 Å². The van der Waals surface area contributed by atoms with Crippen LogP contribution in [0.25, 0.3) is 11.0 Å². The molecule has 1 N–H and O–H groups in total. The number of aromatic nitrogens is 2. The molecule has 2 aromatic carbocycles. The van der Waals surface area contributed by atoms with Crippen LogP contribution < -0.4 is 10.2 Å². The van der Waals surface area contributed by atoms with E-state index in [9.17, 15) is 9.59 Å². The molecular weight excluding hydrogens is 364 g/mol. The number of carbonyl (C=O) groups excluding carboxylic acids is 2. The number of fused-ring (bicyclic) bond motifs is 2. The standard InChI is InChI=1S/C23H22N4O2/c1-13-14(2)25-20-11-17(6-8-19(20)24-13)22(28)26-18-7-5-15-9-10-27(21(15)12-18)23(29)16-3-4-16/h5-8,11-12,16H,3-4,9-10H2,1-2H3,(H,26,28). The summed E-state index contributed by atoms with van der Waals surface area (Å²) in [6, 6.07) is 11.2. The van der Waals surface area contributed by atoms with Crippen LogP contribution in [0, 0.1) is 19.8 Å². The van der Waals surface area contributed by atoms with Gasteiger partial charge in [-0.2, -0.15) is 0 Å². The first-order valence-electron chi connectivity index (χ1n) is 10.0. The second kappa shape index (κ2) is 6.65. The number of benzene rings is 2. The highest BCUT2D eigenvalue weighted by atomic mass is 16.2. The van der Waals surface area contributed by atoms with Crippen LogP contribution in [0.2, 0.25) is 0 Å². The molecule has 2 aliphatic rings. The van der Waals surface area contributed by atoms with Crippen LogP contribution in [-0.2, 0) is 11.2 Å². The number of hydrogen-bond acceptors (Lipinski definition) is 4. The van der Waals surface area contributed by atoms with Gasteiger partial charge >= 0.3 is 0 Å². The Morgan fingerprint density at radius 1 is 1.00 bits per heavy atom. The number of anilines is 2. The van der Waals surface area contributed by atoms with Crippen LogP contribution in [0.3, 0.4) is 0 Å². The zero-order valence-electron chi connectivity index (χ0n) is 16.5. The molecule has 1 fully saturated rings. The molecule has 0 bridgehead atoms. The predicted octanol–water partition coefficient (Wildman–Crippen LogP) is 3.80. The molecular formula is C23H22N4O2. The number of hydrogen-bond donors (Lipinski definition) is 1. The minimum atomic E-state index is -0.204. The average Bonchev–Trinajstić information content (AvgIpc) is 3.48. The van der Waals surface area contributed by atoms with Gasteiger partial charge in [-0.25, -0.2) is 9.97 Å². The Labute approximate surface area is 169 Å². The molecule has 2 amide bonds. The van der Waals surface area contributed by atoms with Gasteiger partial charge < -0.3 is 10.2 Å². The third kappa shape index (κ3) is 3.24. The van der Waals surface area contributed by atoms with Gasteiger partial charge in [-0.1, -0.05) is 6.07 Å². The smallest absolute Gasteiger partial charge is 0.255 e. The first-order valence-corrected chi connectivity index (χ1v) is 10.0. The van der Waals surface area contributed by atoms with Crippen molar-refractivity contribution in [2.24, 2.45) is 5.92 Å². The Bertz CT molecular complexity index is 1170.